The van der Waals surface area contributed by atoms with Gasteiger partial charge < -0.3 is 10.1 Å². The molecule has 0 unspecified atom stereocenters. The van der Waals surface area contributed by atoms with Gasteiger partial charge in [0, 0.05) is 12.6 Å². The van der Waals surface area contributed by atoms with Crippen molar-refractivity contribution >= 4 is 0 Å². The Kier molecular flexibility index (Phi) is 4.91. The van der Waals surface area contributed by atoms with Gasteiger partial charge in [0.1, 0.15) is 11.6 Å². The monoisotopic (exact) mass is 284 g/mol. The topological polar surface area (TPSA) is 45.0 Å². The van der Waals surface area contributed by atoms with Crippen LogP contribution in [0.3, 0.4) is 0 Å². The number of hydrogen-bond donors (Lipinski definition) is 1. The SMILES string of the molecule is COc1cccc([C@@H](C)NCc2cc(F)ccc2C#N)c1. The van der Waals surface area contributed by atoms with Gasteiger partial charge in [0.2, 0.25) is 0 Å². The van der Waals surface area contributed by atoms with Crippen molar-refractivity contribution in [2.24, 2.45) is 0 Å². The van der Waals surface area contributed by atoms with Crippen LogP contribution in [0, 0.1) is 17.1 Å². The Bertz CT molecular complexity index is 664. The number of ether oxygens (including phenoxy) is 1. The lowest BCUT2D eigenvalue weighted by Gasteiger charge is -2.15. The second-order valence-electron chi connectivity index (χ2n) is 4.79. The lowest BCUT2D eigenvalue weighted by molar-refractivity contribution is 0.413. The number of nitrogens with zero attached hydrogens (tertiary/aromatic N) is 1. The van der Waals surface area contributed by atoms with Crippen molar-refractivity contribution in [3.8, 4) is 11.8 Å². The average molecular weight is 284 g/mol. The van der Waals surface area contributed by atoms with Crippen LogP contribution in [0.5, 0.6) is 5.75 Å². The summed E-state index contributed by atoms with van der Waals surface area (Å²) < 4.78 is 18.5. The van der Waals surface area contributed by atoms with Crippen LogP contribution in [0.4, 0.5) is 4.39 Å². The first-order chi connectivity index (χ1) is 10.1. The molecular weight excluding hydrogens is 267 g/mol. The van der Waals surface area contributed by atoms with E-state index < -0.39 is 0 Å². The Labute approximate surface area is 124 Å². The molecule has 0 aliphatic carbocycles. The van der Waals surface area contributed by atoms with Gasteiger partial charge in [0.15, 0.2) is 0 Å². The van der Waals surface area contributed by atoms with Crippen molar-refractivity contribution in [2.75, 3.05) is 7.11 Å². The molecule has 0 saturated carbocycles. The third-order valence-electron chi connectivity index (χ3n) is 3.38. The zero-order valence-corrected chi connectivity index (χ0v) is 12.1. The van der Waals surface area contributed by atoms with Gasteiger partial charge in [-0.05, 0) is 48.4 Å². The first kappa shape index (κ1) is 15.0. The summed E-state index contributed by atoms with van der Waals surface area (Å²) >= 11 is 0. The van der Waals surface area contributed by atoms with Crippen molar-refractivity contribution in [3.63, 3.8) is 0 Å². The highest BCUT2D eigenvalue weighted by molar-refractivity contribution is 5.38. The number of rotatable bonds is 5. The van der Waals surface area contributed by atoms with Crippen molar-refractivity contribution in [3.05, 3.63) is 65.0 Å². The van der Waals surface area contributed by atoms with E-state index in [0.29, 0.717) is 17.7 Å². The van der Waals surface area contributed by atoms with Gasteiger partial charge in [0.25, 0.3) is 0 Å². The van der Waals surface area contributed by atoms with Crippen molar-refractivity contribution in [1.82, 2.24) is 5.32 Å². The molecule has 108 valence electrons. The molecule has 3 nitrogen and oxygen atoms in total. The van der Waals surface area contributed by atoms with E-state index in [9.17, 15) is 4.39 Å². The summed E-state index contributed by atoms with van der Waals surface area (Å²) in [5.41, 5.74) is 2.22. The molecule has 0 saturated heterocycles. The molecule has 0 radical (unpaired) electrons. The summed E-state index contributed by atoms with van der Waals surface area (Å²) in [6, 6.07) is 14.1. The van der Waals surface area contributed by atoms with E-state index >= 15 is 0 Å². The third kappa shape index (κ3) is 3.80. The summed E-state index contributed by atoms with van der Waals surface area (Å²) in [4.78, 5) is 0. The fourth-order valence-corrected chi connectivity index (χ4v) is 2.11. The van der Waals surface area contributed by atoms with Gasteiger partial charge in [-0.1, -0.05) is 12.1 Å². The summed E-state index contributed by atoms with van der Waals surface area (Å²) in [5, 5.41) is 12.3. The zero-order valence-electron chi connectivity index (χ0n) is 12.1. The molecule has 0 aromatic heterocycles. The van der Waals surface area contributed by atoms with Crippen LogP contribution < -0.4 is 10.1 Å². The van der Waals surface area contributed by atoms with Crippen molar-refractivity contribution in [1.29, 1.82) is 5.26 Å². The number of halogens is 1. The van der Waals surface area contributed by atoms with Crippen LogP contribution in [-0.4, -0.2) is 7.11 Å². The molecule has 2 aromatic rings. The predicted octanol–water partition coefficient (Wildman–Crippen LogP) is 3.56. The molecule has 21 heavy (non-hydrogen) atoms. The van der Waals surface area contributed by atoms with Gasteiger partial charge in [-0.3, -0.25) is 0 Å². The molecule has 0 aliphatic rings. The van der Waals surface area contributed by atoms with E-state index in [1.54, 1.807) is 7.11 Å². The van der Waals surface area contributed by atoms with Crippen LogP contribution >= 0.6 is 0 Å². The Hall–Kier alpha value is -2.38. The van der Waals surface area contributed by atoms with E-state index in [-0.39, 0.29) is 11.9 Å². The predicted molar refractivity (Wildman–Crippen MR) is 79.4 cm³/mol. The molecule has 0 heterocycles. The van der Waals surface area contributed by atoms with E-state index in [1.807, 2.05) is 31.2 Å². The lowest BCUT2D eigenvalue weighted by atomic mass is 10.1. The largest absolute Gasteiger partial charge is 0.497 e. The Balaban J connectivity index is 2.09. The van der Waals surface area contributed by atoms with Crippen LogP contribution in [0.2, 0.25) is 0 Å². The van der Waals surface area contributed by atoms with E-state index in [0.717, 1.165) is 11.3 Å². The molecule has 2 rings (SSSR count). The van der Waals surface area contributed by atoms with E-state index in [2.05, 4.69) is 11.4 Å². The smallest absolute Gasteiger partial charge is 0.123 e. The van der Waals surface area contributed by atoms with Crippen LogP contribution in [0.15, 0.2) is 42.5 Å². The summed E-state index contributed by atoms with van der Waals surface area (Å²) in [6.07, 6.45) is 0. The minimum absolute atomic E-state index is 0.0647. The fourth-order valence-electron chi connectivity index (χ4n) is 2.11. The fraction of sp³-hybridized carbons (Fsp3) is 0.235. The normalized spacial score (nSPS) is 11.7. The Morgan fingerprint density at radius 1 is 1.29 bits per heavy atom. The van der Waals surface area contributed by atoms with E-state index in [4.69, 9.17) is 10.00 Å². The zero-order chi connectivity index (χ0) is 15.2. The number of hydrogen-bond acceptors (Lipinski definition) is 3. The second-order valence-corrected chi connectivity index (χ2v) is 4.79. The van der Waals surface area contributed by atoms with Crippen molar-refractivity contribution in [2.45, 2.75) is 19.5 Å². The standard InChI is InChI=1S/C17H17FN2O/c1-12(13-4-3-5-17(9-13)21-2)20-11-15-8-16(18)7-6-14(15)10-19/h3-9,12,20H,11H2,1-2H3/t12-/m1/s1. The van der Waals surface area contributed by atoms with Gasteiger partial charge in [-0.25, -0.2) is 4.39 Å². The molecule has 1 atom stereocenters. The second kappa shape index (κ2) is 6.87. The van der Waals surface area contributed by atoms with Gasteiger partial charge in [0.05, 0.1) is 18.7 Å². The van der Waals surface area contributed by atoms with Gasteiger partial charge >= 0.3 is 0 Å². The molecule has 2 aromatic carbocycles. The van der Waals surface area contributed by atoms with Gasteiger partial charge in [-0.2, -0.15) is 5.26 Å². The Morgan fingerprint density at radius 3 is 2.81 bits per heavy atom. The highest BCUT2D eigenvalue weighted by Crippen LogP contribution is 2.19. The third-order valence-corrected chi connectivity index (χ3v) is 3.38. The minimum atomic E-state index is -0.333. The number of methoxy groups -OCH3 is 1. The van der Waals surface area contributed by atoms with Gasteiger partial charge in [-0.15, -0.1) is 0 Å². The average Bonchev–Trinajstić information content (AvgIpc) is 2.52. The van der Waals surface area contributed by atoms with Crippen LogP contribution in [0.1, 0.15) is 29.7 Å². The number of benzene rings is 2. The molecule has 0 bridgehead atoms. The number of nitriles is 1. The molecule has 0 spiro atoms. The quantitative estimate of drug-likeness (QED) is 0.913. The highest BCUT2D eigenvalue weighted by atomic mass is 19.1. The molecular formula is C17H17FN2O. The Morgan fingerprint density at radius 2 is 2.10 bits per heavy atom. The summed E-state index contributed by atoms with van der Waals surface area (Å²) in [7, 11) is 1.63. The molecule has 4 heteroatoms. The summed E-state index contributed by atoms with van der Waals surface area (Å²) in [5.74, 6) is 0.462. The molecule has 0 aliphatic heterocycles. The first-order valence-corrected chi connectivity index (χ1v) is 6.70. The molecule has 0 fully saturated rings. The number of nitrogens with one attached hydrogen (secondary N) is 1. The van der Waals surface area contributed by atoms with E-state index in [1.165, 1.54) is 18.2 Å². The summed E-state index contributed by atoms with van der Waals surface area (Å²) in [6.45, 7) is 2.44. The maximum absolute atomic E-state index is 13.3. The first-order valence-electron chi connectivity index (χ1n) is 6.70. The lowest BCUT2D eigenvalue weighted by Crippen LogP contribution is -2.18. The van der Waals surface area contributed by atoms with Crippen LogP contribution in [-0.2, 0) is 6.54 Å². The maximum Gasteiger partial charge on any atom is 0.123 e. The molecule has 0 amide bonds. The van der Waals surface area contributed by atoms with Crippen LogP contribution in [0.25, 0.3) is 0 Å². The minimum Gasteiger partial charge on any atom is -0.497 e. The van der Waals surface area contributed by atoms with Crippen molar-refractivity contribution < 1.29 is 9.13 Å². The molecule has 1 N–H and O–H groups in total. The maximum atomic E-state index is 13.3. The highest BCUT2D eigenvalue weighted by Gasteiger charge is 2.08.